The molecule has 43 heavy (non-hydrogen) atoms. The number of sulfonamides is 1. The maximum Gasteiger partial charge on any atom is 0.408 e. The molecule has 5 rings (SSSR count). The van der Waals surface area contributed by atoms with Crippen molar-refractivity contribution in [3.05, 3.63) is 47.2 Å². The summed E-state index contributed by atoms with van der Waals surface area (Å²) in [6.07, 6.45) is -5.47. The first-order valence-corrected chi connectivity index (χ1v) is 15.6. The van der Waals surface area contributed by atoms with E-state index in [0.717, 1.165) is 18.3 Å². The summed E-state index contributed by atoms with van der Waals surface area (Å²) in [4.78, 5) is 36.5. The standard InChI is InChI=1S/C27H29F3N6O5S2/c1-13(2)34-43(40,41)19-11-16(10-17-12-36(25(39)22(17)19)15(4)27(28,29)30)23-14(3)31-26(42-23)33-20-6-5-7-21(32-20)35-9-8-18(37)24(35)38/h5-7,10-11,13,15,18,34,37H,8-9,12H2,1-4H3,(H,31,32,33)/t15?,18-/m0/s1. The van der Waals surface area contributed by atoms with E-state index in [1.54, 1.807) is 39.0 Å². The number of alkyl halides is 3. The molecule has 3 aromatic rings. The minimum absolute atomic E-state index is 0.164. The predicted octanol–water partition coefficient (Wildman–Crippen LogP) is 3.95. The molecule has 1 unspecified atom stereocenters. The molecule has 16 heteroatoms. The number of hydrogen-bond donors (Lipinski definition) is 3. The Hall–Kier alpha value is -3.60. The number of nitrogens with one attached hydrogen (secondary N) is 2. The first-order valence-electron chi connectivity index (χ1n) is 13.3. The van der Waals surface area contributed by atoms with Crippen molar-refractivity contribution in [2.75, 3.05) is 16.8 Å². The van der Waals surface area contributed by atoms with Crippen LogP contribution in [-0.4, -0.2) is 71.1 Å². The Morgan fingerprint density at radius 2 is 1.86 bits per heavy atom. The summed E-state index contributed by atoms with van der Waals surface area (Å²) in [7, 11) is -4.28. The quantitative estimate of drug-likeness (QED) is 0.337. The number of anilines is 3. The zero-order chi connectivity index (χ0) is 31.4. The fourth-order valence-electron chi connectivity index (χ4n) is 5.01. The van der Waals surface area contributed by atoms with Gasteiger partial charge in [0.25, 0.3) is 11.8 Å². The van der Waals surface area contributed by atoms with E-state index in [1.807, 2.05) is 0 Å². The number of hydrogen-bond acceptors (Lipinski definition) is 9. The van der Waals surface area contributed by atoms with E-state index in [9.17, 15) is 36.3 Å². The summed E-state index contributed by atoms with van der Waals surface area (Å²) in [5.74, 6) is -0.719. The Balaban J connectivity index is 1.52. The number of halogens is 3. The molecule has 0 spiro atoms. The second-order valence-corrected chi connectivity index (χ2v) is 13.4. The summed E-state index contributed by atoms with van der Waals surface area (Å²) in [5.41, 5.74) is 0.762. The molecule has 1 fully saturated rings. The fourth-order valence-corrected chi connectivity index (χ4v) is 7.49. The van der Waals surface area contributed by atoms with Gasteiger partial charge in [-0.05, 0) is 63.1 Å². The van der Waals surface area contributed by atoms with E-state index in [0.29, 0.717) is 50.8 Å². The maximum absolute atomic E-state index is 13.6. The summed E-state index contributed by atoms with van der Waals surface area (Å²) in [6, 6.07) is 5.16. The molecule has 2 amide bonds. The number of aromatic nitrogens is 2. The highest BCUT2D eigenvalue weighted by Crippen LogP contribution is 2.41. The number of aliphatic hydroxyl groups excluding tert-OH is 1. The summed E-state index contributed by atoms with van der Waals surface area (Å²) >= 11 is 1.16. The lowest BCUT2D eigenvalue weighted by atomic mass is 10.0. The Labute approximate surface area is 249 Å². The highest BCUT2D eigenvalue weighted by atomic mass is 32.2. The lowest BCUT2D eigenvalue weighted by molar-refractivity contribution is -0.172. The first-order chi connectivity index (χ1) is 20.1. The molecule has 2 aromatic heterocycles. The van der Waals surface area contributed by atoms with Crippen LogP contribution in [0, 0.1) is 6.92 Å². The van der Waals surface area contributed by atoms with Crippen LogP contribution in [0.4, 0.5) is 29.9 Å². The second-order valence-electron chi connectivity index (χ2n) is 10.7. The largest absolute Gasteiger partial charge is 0.408 e. The van der Waals surface area contributed by atoms with Gasteiger partial charge in [-0.1, -0.05) is 17.4 Å². The SMILES string of the molecule is Cc1nc(Nc2cccc(N3CC[C@H](O)C3=O)n2)sc1-c1cc2c(c(S(=O)(=O)NC(C)C)c1)C(=O)N(C(C)C(F)(F)F)C2. The molecule has 0 aliphatic carbocycles. The van der Waals surface area contributed by atoms with Crippen LogP contribution in [0.1, 0.15) is 48.8 Å². The zero-order valence-corrected chi connectivity index (χ0v) is 25.2. The average Bonchev–Trinajstić information content (AvgIpc) is 3.56. The molecule has 3 N–H and O–H groups in total. The van der Waals surface area contributed by atoms with Gasteiger partial charge in [-0.3, -0.25) is 14.5 Å². The molecule has 2 aliphatic rings. The number of pyridine rings is 1. The van der Waals surface area contributed by atoms with E-state index in [4.69, 9.17) is 0 Å². The Bertz CT molecular complexity index is 1710. The van der Waals surface area contributed by atoms with Crippen LogP contribution >= 0.6 is 11.3 Å². The van der Waals surface area contributed by atoms with Gasteiger partial charge in [0.2, 0.25) is 10.0 Å². The minimum atomic E-state index is -4.70. The first kappa shape index (κ1) is 30.8. The second kappa shape index (κ2) is 11.2. The van der Waals surface area contributed by atoms with E-state index >= 15 is 0 Å². The van der Waals surface area contributed by atoms with Crippen molar-refractivity contribution < 1.29 is 36.3 Å². The van der Waals surface area contributed by atoms with Crippen molar-refractivity contribution in [1.82, 2.24) is 19.6 Å². The summed E-state index contributed by atoms with van der Waals surface area (Å²) in [5, 5.41) is 13.2. The van der Waals surface area contributed by atoms with Crippen molar-refractivity contribution in [2.45, 2.75) is 69.9 Å². The lowest BCUT2D eigenvalue weighted by Gasteiger charge is -2.26. The monoisotopic (exact) mass is 638 g/mol. The molecule has 230 valence electrons. The average molecular weight is 639 g/mol. The number of aliphatic hydroxyl groups is 1. The number of nitrogens with zero attached hydrogens (tertiary/aromatic N) is 4. The van der Waals surface area contributed by atoms with Gasteiger partial charge in [0.15, 0.2) is 5.13 Å². The van der Waals surface area contributed by atoms with Gasteiger partial charge in [-0.15, -0.1) is 0 Å². The summed E-state index contributed by atoms with van der Waals surface area (Å²) < 4.78 is 69.8. The highest BCUT2D eigenvalue weighted by molar-refractivity contribution is 7.89. The summed E-state index contributed by atoms with van der Waals surface area (Å²) in [6.45, 7) is 5.67. The van der Waals surface area contributed by atoms with E-state index in [1.165, 1.54) is 17.0 Å². The normalized spacial score (nSPS) is 18.1. The van der Waals surface area contributed by atoms with Crippen LogP contribution in [0.5, 0.6) is 0 Å². The fraction of sp³-hybridized carbons (Fsp3) is 0.407. The van der Waals surface area contributed by atoms with Gasteiger partial charge in [0.1, 0.15) is 23.8 Å². The third-order valence-corrected chi connectivity index (χ3v) is 9.91. The molecule has 1 saturated heterocycles. The van der Waals surface area contributed by atoms with Crippen LogP contribution in [0.25, 0.3) is 10.4 Å². The number of rotatable bonds is 8. The van der Waals surface area contributed by atoms with E-state index in [-0.39, 0.29) is 11.1 Å². The predicted molar refractivity (Wildman–Crippen MR) is 154 cm³/mol. The van der Waals surface area contributed by atoms with E-state index < -0.39 is 57.6 Å². The number of amides is 2. The van der Waals surface area contributed by atoms with Crippen molar-refractivity contribution in [3.63, 3.8) is 0 Å². The maximum atomic E-state index is 13.6. The third kappa shape index (κ3) is 5.96. The van der Waals surface area contributed by atoms with Gasteiger partial charge < -0.3 is 15.3 Å². The Morgan fingerprint density at radius 3 is 2.49 bits per heavy atom. The number of aryl methyl sites for hydroxylation is 1. The van der Waals surface area contributed by atoms with Gasteiger partial charge >= 0.3 is 6.18 Å². The molecule has 0 saturated carbocycles. The van der Waals surface area contributed by atoms with Crippen LogP contribution in [0.15, 0.2) is 35.2 Å². The van der Waals surface area contributed by atoms with E-state index in [2.05, 4.69) is 20.0 Å². The number of carbonyl (C=O) groups excluding carboxylic acids is 2. The van der Waals surface area contributed by atoms with Crippen LogP contribution in [-0.2, 0) is 21.4 Å². The molecule has 0 bridgehead atoms. The molecule has 2 aliphatic heterocycles. The molecular weight excluding hydrogens is 609 g/mol. The number of fused-ring (bicyclic) bond motifs is 1. The molecule has 1 aromatic carbocycles. The molecule has 0 radical (unpaired) electrons. The van der Waals surface area contributed by atoms with Gasteiger partial charge in [0, 0.05) is 25.6 Å². The molecule has 2 atom stereocenters. The Morgan fingerprint density at radius 1 is 1.14 bits per heavy atom. The zero-order valence-electron chi connectivity index (χ0n) is 23.6. The topological polar surface area (TPSA) is 145 Å². The third-order valence-electron chi connectivity index (χ3n) is 7.10. The lowest BCUT2D eigenvalue weighted by Crippen LogP contribution is -2.43. The molecule has 4 heterocycles. The van der Waals surface area contributed by atoms with Crippen molar-refractivity contribution in [1.29, 1.82) is 0 Å². The molecule has 11 nitrogen and oxygen atoms in total. The van der Waals surface area contributed by atoms with Crippen molar-refractivity contribution in [3.8, 4) is 10.4 Å². The minimum Gasteiger partial charge on any atom is -0.383 e. The number of thiazole rings is 1. The van der Waals surface area contributed by atoms with Crippen LogP contribution in [0.3, 0.4) is 0 Å². The number of benzene rings is 1. The van der Waals surface area contributed by atoms with Gasteiger partial charge in [-0.2, -0.15) is 13.2 Å². The van der Waals surface area contributed by atoms with Gasteiger partial charge in [0.05, 0.1) is 21.0 Å². The highest BCUT2D eigenvalue weighted by Gasteiger charge is 2.46. The number of carbonyl (C=O) groups is 2. The smallest absolute Gasteiger partial charge is 0.383 e. The molecular formula is C27H29F3N6O5S2. The van der Waals surface area contributed by atoms with Crippen molar-refractivity contribution >= 4 is 49.9 Å². The van der Waals surface area contributed by atoms with Crippen LogP contribution < -0.4 is 14.9 Å². The van der Waals surface area contributed by atoms with Crippen molar-refractivity contribution in [2.24, 2.45) is 0 Å². The Kier molecular flexibility index (Phi) is 8.00. The van der Waals surface area contributed by atoms with Gasteiger partial charge in [-0.25, -0.2) is 23.1 Å². The van der Waals surface area contributed by atoms with Crippen LogP contribution in [0.2, 0.25) is 0 Å².